The summed E-state index contributed by atoms with van der Waals surface area (Å²) >= 11 is 0. The lowest BCUT2D eigenvalue weighted by molar-refractivity contribution is 0.105. The quantitative estimate of drug-likeness (QED) is 0.432. The lowest BCUT2D eigenvalue weighted by atomic mass is 10.1. The van der Waals surface area contributed by atoms with E-state index in [2.05, 4.69) is 9.99 Å². The molecule has 0 saturated carbocycles. The number of ether oxygens (including phenoxy) is 1. The fourth-order valence-electron chi connectivity index (χ4n) is 1.31. The molecule has 4 nitrogen and oxygen atoms in total. The van der Waals surface area contributed by atoms with Crippen molar-refractivity contribution in [3.8, 4) is 5.75 Å². The van der Waals surface area contributed by atoms with Crippen LogP contribution >= 0.6 is 0 Å². The van der Waals surface area contributed by atoms with Crippen molar-refractivity contribution in [1.29, 1.82) is 0 Å². The standard InChI is InChI=1S/C13H17NO3/c1-4-9-17-12-7-5-11(6-8-12)13(15)10(2)14-16-3/h5-8H,4,9H2,1-3H3. The summed E-state index contributed by atoms with van der Waals surface area (Å²) < 4.78 is 5.43. The fraction of sp³-hybridized carbons (Fsp3) is 0.385. The summed E-state index contributed by atoms with van der Waals surface area (Å²) in [5, 5.41) is 3.61. The van der Waals surface area contributed by atoms with E-state index >= 15 is 0 Å². The number of carbonyl (C=O) groups is 1. The van der Waals surface area contributed by atoms with Crippen LogP contribution in [0.15, 0.2) is 29.4 Å². The summed E-state index contributed by atoms with van der Waals surface area (Å²) in [4.78, 5) is 16.4. The average Bonchev–Trinajstić information content (AvgIpc) is 2.36. The number of oxime groups is 1. The van der Waals surface area contributed by atoms with E-state index in [0.29, 0.717) is 17.9 Å². The fourth-order valence-corrected chi connectivity index (χ4v) is 1.31. The Kier molecular flexibility index (Phi) is 5.20. The van der Waals surface area contributed by atoms with E-state index in [-0.39, 0.29) is 5.78 Å². The number of ketones is 1. The Hall–Kier alpha value is -1.84. The Morgan fingerprint density at radius 2 is 1.94 bits per heavy atom. The number of hydrogen-bond acceptors (Lipinski definition) is 4. The monoisotopic (exact) mass is 235 g/mol. The number of Topliss-reactive ketones (excluding diaryl/α,β-unsaturated/α-hetero) is 1. The van der Waals surface area contributed by atoms with Crippen LogP contribution in [0.2, 0.25) is 0 Å². The van der Waals surface area contributed by atoms with Gasteiger partial charge in [0.25, 0.3) is 0 Å². The predicted molar refractivity (Wildman–Crippen MR) is 66.7 cm³/mol. The van der Waals surface area contributed by atoms with Gasteiger partial charge in [0.2, 0.25) is 5.78 Å². The Labute approximate surface area is 101 Å². The van der Waals surface area contributed by atoms with E-state index < -0.39 is 0 Å². The van der Waals surface area contributed by atoms with Crippen molar-refractivity contribution < 1.29 is 14.4 Å². The highest BCUT2D eigenvalue weighted by molar-refractivity contribution is 6.45. The van der Waals surface area contributed by atoms with Gasteiger partial charge in [0, 0.05) is 5.56 Å². The Morgan fingerprint density at radius 1 is 1.29 bits per heavy atom. The zero-order valence-electron chi connectivity index (χ0n) is 10.4. The first-order valence-corrected chi connectivity index (χ1v) is 5.54. The minimum atomic E-state index is -0.145. The second-order valence-corrected chi connectivity index (χ2v) is 3.56. The zero-order chi connectivity index (χ0) is 12.7. The topological polar surface area (TPSA) is 47.9 Å². The van der Waals surface area contributed by atoms with Gasteiger partial charge in [-0.1, -0.05) is 12.1 Å². The van der Waals surface area contributed by atoms with Crippen LogP contribution in [-0.4, -0.2) is 25.2 Å². The van der Waals surface area contributed by atoms with Gasteiger partial charge in [0.1, 0.15) is 18.6 Å². The predicted octanol–water partition coefficient (Wildman–Crippen LogP) is 2.68. The van der Waals surface area contributed by atoms with Gasteiger partial charge in [-0.05, 0) is 37.6 Å². The molecule has 0 aliphatic carbocycles. The van der Waals surface area contributed by atoms with E-state index in [1.54, 1.807) is 31.2 Å². The van der Waals surface area contributed by atoms with Crippen molar-refractivity contribution in [1.82, 2.24) is 0 Å². The van der Waals surface area contributed by atoms with Crippen LogP contribution < -0.4 is 4.74 Å². The molecule has 4 heteroatoms. The molecule has 0 aliphatic rings. The third-order valence-electron chi connectivity index (χ3n) is 2.15. The van der Waals surface area contributed by atoms with Crippen molar-refractivity contribution >= 4 is 11.5 Å². The summed E-state index contributed by atoms with van der Waals surface area (Å²) in [6, 6.07) is 7.01. The van der Waals surface area contributed by atoms with Gasteiger partial charge >= 0.3 is 0 Å². The lowest BCUT2D eigenvalue weighted by Crippen LogP contribution is -2.10. The number of carbonyl (C=O) groups excluding carboxylic acids is 1. The summed E-state index contributed by atoms with van der Waals surface area (Å²) in [6.07, 6.45) is 0.959. The van der Waals surface area contributed by atoms with Crippen LogP contribution in [0, 0.1) is 0 Å². The molecule has 0 amide bonds. The molecule has 1 aromatic carbocycles. The molecule has 0 heterocycles. The van der Waals surface area contributed by atoms with Crippen molar-refractivity contribution in [2.45, 2.75) is 20.3 Å². The van der Waals surface area contributed by atoms with Crippen molar-refractivity contribution in [2.24, 2.45) is 5.16 Å². The van der Waals surface area contributed by atoms with Gasteiger partial charge in [-0.2, -0.15) is 0 Å². The van der Waals surface area contributed by atoms with E-state index in [1.165, 1.54) is 7.11 Å². The Morgan fingerprint density at radius 3 is 2.47 bits per heavy atom. The second kappa shape index (κ2) is 6.68. The first kappa shape index (κ1) is 13.2. The molecule has 17 heavy (non-hydrogen) atoms. The summed E-state index contributed by atoms with van der Waals surface area (Å²) in [7, 11) is 1.42. The maximum Gasteiger partial charge on any atom is 0.210 e. The molecule has 0 saturated heterocycles. The maximum atomic E-state index is 11.8. The number of hydrogen-bond donors (Lipinski definition) is 0. The summed E-state index contributed by atoms with van der Waals surface area (Å²) in [5.74, 6) is 0.624. The maximum absolute atomic E-state index is 11.8. The number of nitrogens with zero attached hydrogens (tertiary/aromatic N) is 1. The van der Waals surface area contributed by atoms with Crippen LogP contribution in [0.25, 0.3) is 0 Å². The van der Waals surface area contributed by atoms with Crippen LogP contribution in [0.4, 0.5) is 0 Å². The van der Waals surface area contributed by atoms with Gasteiger partial charge in [-0.15, -0.1) is 0 Å². The first-order chi connectivity index (χ1) is 8.19. The molecular weight excluding hydrogens is 218 g/mol. The average molecular weight is 235 g/mol. The Bertz CT molecular complexity index is 396. The van der Waals surface area contributed by atoms with Gasteiger partial charge in [0.15, 0.2) is 0 Å². The molecule has 92 valence electrons. The largest absolute Gasteiger partial charge is 0.494 e. The molecule has 0 atom stereocenters. The smallest absolute Gasteiger partial charge is 0.210 e. The van der Waals surface area contributed by atoms with E-state index in [4.69, 9.17) is 4.74 Å². The van der Waals surface area contributed by atoms with E-state index in [1.807, 2.05) is 6.92 Å². The molecule has 0 radical (unpaired) electrons. The minimum Gasteiger partial charge on any atom is -0.494 e. The van der Waals surface area contributed by atoms with Gasteiger partial charge < -0.3 is 9.57 Å². The normalized spacial score (nSPS) is 11.1. The van der Waals surface area contributed by atoms with Crippen molar-refractivity contribution in [2.75, 3.05) is 13.7 Å². The van der Waals surface area contributed by atoms with Crippen LogP contribution in [-0.2, 0) is 4.84 Å². The zero-order valence-corrected chi connectivity index (χ0v) is 10.4. The molecule has 0 bridgehead atoms. The van der Waals surface area contributed by atoms with Crippen LogP contribution in [0.3, 0.4) is 0 Å². The molecule has 1 rings (SSSR count). The minimum absolute atomic E-state index is 0.145. The van der Waals surface area contributed by atoms with Crippen molar-refractivity contribution in [3.05, 3.63) is 29.8 Å². The molecule has 0 fully saturated rings. The van der Waals surface area contributed by atoms with E-state index in [0.717, 1.165) is 12.2 Å². The number of benzene rings is 1. The molecule has 0 aromatic heterocycles. The van der Waals surface area contributed by atoms with Gasteiger partial charge in [-0.25, -0.2) is 0 Å². The van der Waals surface area contributed by atoms with Gasteiger partial charge in [-0.3, -0.25) is 4.79 Å². The number of rotatable bonds is 6. The molecule has 0 N–H and O–H groups in total. The lowest BCUT2D eigenvalue weighted by Gasteiger charge is -2.05. The Balaban J connectivity index is 2.73. The highest BCUT2D eigenvalue weighted by Gasteiger charge is 2.10. The highest BCUT2D eigenvalue weighted by Crippen LogP contribution is 2.13. The van der Waals surface area contributed by atoms with Crippen LogP contribution in [0.5, 0.6) is 5.75 Å². The third-order valence-corrected chi connectivity index (χ3v) is 2.15. The van der Waals surface area contributed by atoms with E-state index in [9.17, 15) is 4.79 Å². The van der Waals surface area contributed by atoms with Gasteiger partial charge in [0.05, 0.1) is 6.61 Å². The summed E-state index contributed by atoms with van der Waals surface area (Å²) in [6.45, 7) is 4.34. The highest BCUT2D eigenvalue weighted by atomic mass is 16.6. The molecule has 0 unspecified atom stereocenters. The van der Waals surface area contributed by atoms with Crippen molar-refractivity contribution in [3.63, 3.8) is 0 Å². The SMILES string of the molecule is CCCOc1ccc(C(=O)C(C)=NOC)cc1. The molecule has 0 aliphatic heterocycles. The first-order valence-electron chi connectivity index (χ1n) is 5.54. The summed E-state index contributed by atoms with van der Waals surface area (Å²) in [5.41, 5.74) is 0.905. The van der Waals surface area contributed by atoms with Crippen LogP contribution in [0.1, 0.15) is 30.6 Å². The molecule has 0 spiro atoms. The second-order valence-electron chi connectivity index (χ2n) is 3.56. The third kappa shape index (κ3) is 3.90. The molecular formula is C13H17NO3. The molecule has 1 aromatic rings.